The van der Waals surface area contributed by atoms with Gasteiger partial charge in [0.05, 0.1) is 44.1 Å². The topological polar surface area (TPSA) is 101 Å². The number of likely N-dealkylation sites (N-methyl/N-ethyl adjacent to an activating group) is 1. The number of anilines is 3. The number of aryl methyl sites for hydroxylation is 2. The number of nitrogens with one attached hydrogen (secondary N) is 2. The molecule has 1 aliphatic heterocycles. The maximum Gasteiger partial charge on any atom is 0.323 e. The van der Waals surface area contributed by atoms with E-state index in [0.29, 0.717) is 46.0 Å². The van der Waals surface area contributed by atoms with Gasteiger partial charge < -0.3 is 34.6 Å². The molecule has 1 aromatic heterocycles. The highest BCUT2D eigenvalue weighted by molar-refractivity contribution is 6.00. The highest BCUT2D eigenvalue weighted by Gasteiger charge is 2.20. The molecule has 3 rings (SSSR count). The van der Waals surface area contributed by atoms with Gasteiger partial charge in [-0.2, -0.15) is 0 Å². The Morgan fingerprint density at radius 2 is 1.45 bits per heavy atom. The van der Waals surface area contributed by atoms with Gasteiger partial charge in [0, 0.05) is 38.3 Å². The number of nitrogens with zero attached hydrogens (tertiary/aromatic N) is 4. The summed E-state index contributed by atoms with van der Waals surface area (Å²) in [7, 11) is 6.67. The van der Waals surface area contributed by atoms with Gasteiger partial charge in [-0.3, -0.25) is 0 Å². The Balaban J connectivity index is 1.75. The predicted molar refractivity (Wildman–Crippen MR) is 120 cm³/mol. The highest BCUT2D eigenvalue weighted by Crippen LogP contribution is 2.40. The van der Waals surface area contributed by atoms with E-state index in [1.54, 1.807) is 12.1 Å². The first-order valence-electron chi connectivity index (χ1n) is 10.0. The summed E-state index contributed by atoms with van der Waals surface area (Å²) in [5, 5.41) is 5.64. The molecule has 168 valence electrons. The third-order valence-electron chi connectivity index (χ3n) is 5.21. The second-order valence-corrected chi connectivity index (χ2v) is 7.35. The highest BCUT2D eigenvalue weighted by atomic mass is 16.5. The average Bonchev–Trinajstić information content (AvgIpc) is 2.75. The zero-order valence-corrected chi connectivity index (χ0v) is 18.9. The summed E-state index contributed by atoms with van der Waals surface area (Å²) in [6.07, 6.45) is 0. The summed E-state index contributed by atoms with van der Waals surface area (Å²) in [5.41, 5.74) is 2.50. The Morgan fingerprint density at radius 1 is 0.903 bits per heavy atom. The van der Waals surface area contributed by atoms with Crippen LogP contribution in [0.3, 0.4) is 0 Å². The van der Waals surface area contributed by atoms with Crippen LogP contribution in [0.2, 0.25) is 0 Å². The van der Waals surface area contributed by atoms with Crippen LogP contribution in [-0.4, -0.2) is 75.5 Å². The van der Waals surface area contributed by atoms with Crippen molar-refractivity contribution in [3.63, 3.8) is 0 Å². The summed E-state index contributed by atoms with van der Waals surface area (Å²) >= 11 is 0. The van der Waals surface area contributed by atoms with Gasteiger partial charge in [0.2, 0.25) is 11.7 Å². The summed E-state index contributed by atoms with van der Waals surface area (Å²) in [6.45, 7) is 7.43. The zero-order valence-electron chi connectivity index (χ0n) is 18.9. The molecule has 0 atom stereocenters. The van der Waals surface area contributed by atoms with Gasteiger partial charge in [-0.15, -0.1) is 0 Å². The average molecular weight is 431 g/mol. The second-order valence-electron chi connectivity index (χ2n) is 7.35. The minimum atomic E-state index is -0.420. The fourth-order valence-electron chi connectivity index (χ4n) is 3.46. The lowest BCUT2D eigenvalue weighted by atomic mass is 10.2. The first-order chi connectivity index (χ1) is 14.9. The van der Waals surface area contributed by atoms with Crippen molar-refractivity contribution < 1.29 is 19.0 Å². The Morgan fingerprint density at radius 3 is 1.94 bits per heavy atom. The Kier molecular flexibility index (Phi) is 7.01. The minimum Gasteiger partial charge on any atom is -0.493 e. The van der Waals surface area contributed by atoms with Crippen molar-refractivity contribution in [1.29, 1.82) is 0 Å². The number of amides is 2. The van der Waals surface area contributed by atoms with E-state index in [1.807, 2.05) is 13.8 Å². The van der Waals surface area contributed by atoms with Crippen molar-refractivity contribution in [2.45, 2.75) is 13.8 Å². The molecule has 2 N–H and O–H groups in total. The lowest BCUT2D eigenvalue weighted by Gasteiger charge is -2.32. The number of piperazine rings is 1. The van der Waals surface area contributed by atoms with Gasteiger partial charge in [0.25, 0.3) is 0 Å². The van der Waals surface area contributed by atoms with Gasteiger partial charge in [-0.25, -0.2) is 14.8 Å². The van der Waals surface area contributed by atoms with Crippen LogP contribution < -0.4 is 29.7 Å². The van der Waals surface area contributed by atoms with E-state index in [4.69, 9.17) is 14.2 Å². The predicted octanol–water partition coefficient (Wildman–Crippen LogP) is 2.52. The van der Waals surface area contributed by atoms with Crippen LogP contribution in [0.4, 0.5) is 22.1 Å². The van der Waals surface area contributed by atoms with Crippen LogP contribution in [-0.2, 0) is 0 Å². The molecule has 0 aliphatic carbocycles. The molecular formula is C21H30N6O4. The molecular weight excluding hydrogens is 400 g/mol. The molecule has 2 amide bonds. The first-order valence-corrected chi connectivity index (χ1v) is 10.0. The number of methoxy groups -OCH3 is 3. The molecule has 0 radical (unpaired) electrons. The largest absolute Gasteiger partial charge is 0.493 e. The molecule has 31 heavy (non-hydrogen) atoms. The lowest BCUT2D eigenvalue weighted by molar-refractivity contribution is 0.262. The molecule has 2 heterocycles. The normalized spacial score (nSPS) is 14.2. The Hall–Kier alpha value is -3.27. The maximum absolute atomic E-state index is 12.7. The number of benzene rings is 1. The molecule has 1 saturated heterocycles. The van der Waals surface area contributed by atoms with Crippen LogP contribution >= 0.6 is 0 Å². The van der Waals surface area contributed by atoms with E-state index in [0.717, 1.165) is 26.2 Å². The van der Waals surface area contributed by atoms with E-state index in [1.165, 1.54) is 21.3 Å². The molecule has 10 heteroatoms. The van der Waals surface area contributed by atoms with Crippen LogP contribution in [0.1, 0.15) is 11.4 Å². The number of carbonyl (C=O) groups excluding carboxylic acids is 1. The monoisotopic (exact) mass is 430 g/mol. The third-order valence-corrected chi connectivity index (χ3v) is 5.21. The van der Waals surface area contributed by atoms with Gasteiger partial charge >= 0.3 is 6.03 Å². The van der Waals surface area contributed by atoms with Crippen molar-refractivity contribution in [3.05, 3.63) is 23.5 Å². The van der Waals surface area contributed by atoms with Gasteiger partial charge in [0.1, 0.15) is 0 Å². The standard InChI is InChI=1S/C21H30N6O4/c1-13-18(14(2)23-20(22-13)27-9-7-26(3)8-10-27)25-21(28)24-15-11-16(29-4)19(31-6)17(12-15)30-5/h11-12H,7-10H2,1-6H3,(H2,24,25,28). The van der Waals surface area contributed by atoms with E-state index in [9.17, 15) is 4.79 Å². The van der Waals surface area contributed by atoms with Crippen LogP contribution in [0.15, 0.2) is 12.1 Å². The summed E-state index contributed by atoms with van der Waals surface area (Å²) in [6, 6.07) is 2.90. The maximum atomic E-state index is 12.7. The molecule has 1 aliphatic rings. The number of aromatic nitrogens is 2. The Labute approximate surface area is 182 Å². The van der Waals surface area contributed by atoms with Gasteiger partial charge in [0.15, 0.2) is 11.5 Å². The minimum absolute atomic E-state index is 0.420. The van der Waals surface area contributed by atoms with Crippen molar-refractivity contribution in [1.82, 2.24) is 14.9 Å². The number of rotatable bonds is 6. The molecule has 0 unspecified atom stereocenters. The van der Waals surface area contributed by atoms with Crippen molar-refractivity contribution >= 4 is 23.4 Å². The van der Waals surface area contributed by atoms with Gasteiger partial charge in [-0.05, 0) is 20.9 Å². The summed E-state index contributed by atoms with van der Waals surface area (Å²) in [5.74, 6) is 2.04. The van der Waals surface area contributed by atoms with Crippen LogP contribution in [0.25, 0.3) is 0 Å². The van der Waals surface area contributed by atoms with E-state index < -0.39 is 6.03 Å². The van der Waals surface area contributed by atoms with E-state index >= 15 is 0 Å². The number of urea groups is 1. The number of hydrogen-bond donors (Lipinski definition) is 2. The summed E-state index contributed by atoms with van der Waals surface area (Å²) < 4.78 is 16.0. The van der Waals surface area contributed by atoms with Crippen molar-refractivity contribution in [2.75, 3.05) is 70.1 Å². The van der Waals surface area contributed by atoms with Crippen molar-refractivity contribution in [2.24, 2.45) is 0 Å². The molecule has 2 aromatic rings. The fraction of sp³-hybridized carbons (Fsp3) is 0.476. The molecule has 10 nitrogen and oxygen atoms in total. The smallest absolute Gasteiger partial charge is 0.323 e. The van der Waals surface area contributed by atoms with Crippen molar-refractivity contribution in [3.8, 4) is 17.2 Å². The molecule has 0 saturated carbocycles. The number of ether oxygens (including phenoxy) is 3. The number of carbonyl (C=O) groups is 1. The first kappa shape index (κ1) is 22.4. The molecule has 0 bridgehead atoms. The van der Waals surface area contributed by atoms with Gasteiger partial charge in [-0.1, -0.05) is 0 Å². The quantitative estimate of drug-likeness (QED) is 0.721. The SMILES string of the molecule is COc1cc(NC(=O)Nc2c(C)nc(N3CCN(C)CC3)nc2C)cc(OC)c1OC. The lowest BCUT2D eigenvalue weighted by Crippen LogP contribution is -2.45. The Bertz CT molecular complexity index is 895. The fourth-order valence-corrected chi connectivity index (χ4v) is 3.46. The number of hydrogen-bond acceptors (Lipinski definition) is 8. The summed E-state index contributed by atoms with van der Waals surface area (Å²) in [4.78, 5) is 26.3. The zero-order chi connectivity index (χ0) is 22.5. The van der Waals surface area contributed by atoms with E-state index in [2.05, 4.69) is 37.4 Å². The molecule has 1 aromatic carbocycles. The molecule has 0 spiro atoms. The van der Waals surface area contributed by atoms with Crippen LogP contribution in [0, 0.1) is 13.8 Å². The van der Waals surface area contributed by atoms with E-state index in [-0.39, 0.29) is 0 Å². The molecule has 1 fully saturated rings. The van der Waals surface area contributed by atoms with Crippen LogP contribution in [0.5, 0.6) is 17.2 Å². The third kappa shape index (κ3) is 5.08. The second kappa shape index (κ2) is 9.69.